The second kappa shape index (κ2) is 24.4. The van der Waals surface area contributed by atoms with E-state index in [0.717, 1.165) is 40.4 Å². The molecule has 0 aromatic heterocycles. The molecule has 0 unspecified atom stereocenters. The summed E-state index contributed by atoms with van der Waals surface area (Å²) in [5.41, 5.74) is 6.80. The van der Waals surface area contributed by atoms with Crippen molar-refractivity contribution in [1.29, 1.82) is 0 Å². The van der Waals surface area contributed by atoms with Gasteiger partial charge in [0.15, 0.2) is 0 Å². The molecule has 1 rings (SSSR count). The van der Waals surface area contributed by atoms with Gasteiger partial charge in [-0.2, -0.15) is 0 Å². The largest absolute Gasteiger partial charge is 6.00 e. The van der Waals surface area contributed by atoms with Gasteiger partial charge in [0.25, 0.3) is 0 Å². The van der Waals surface area contributed by atoms with Gasteiger partial charge in [0.1, 0.15) is 0 Å². The topological polar surface area (TPSA) is 0 Å². The predicted octanol–water partition coefficient (Wildman–Crippen LogP) is 3.64. The van der Waals surface area contributed by atoms with Crippen molar-refractivity contribution in [3.05, 3.63) is 35.9 Å². The first-order valence-electron chi connectivity index (χ1n) is 11.4. The Balaban J connectivity index is -0.000000104. The van der Waals surface area contributed by atoms with Gasteiger partial charge in [-0.25, -0.2) is 0 Å². The third kappa shape index (κ3) is 21.5. The Morgan fingerprint density at radius 3 is 0.839 bits per heavy atom. The van der Waals surface area contributed by atoms with Crippen molar-refractivity contribution in [2.24, 2.45) is 0 Å². The summed E-state index contributed by atoms with van der Waals surface area (Å²) in [6.07, 6.45) is 1.14. The molecule has 0 aliphatic carbocycles. The van der Waals surface area contributed by atoms with Crippen LogP contribution in [0.25, 0.3) is 0 Å². The molecule has 1 aromatic rings. The maximum absolute atomic E-state index is 2.35. The predicted molar refractivity (Wildman–Crippen MR) is 140 cm³/mol. The zero-order chi connectivity index (χ0) is 22.4. The summed E-state index contributed by atoms with van der Waals surface area (Å²) >= 11 is 0. The van der Waals surface area contributed by atoms with Crippen LogP contribution in [0.15, 0.2) is 30.3 Å². The third-order valence-corrected chi connectivity index (χ3v) is 12.0. The molecule has 0 fully saturated rings. The van der Waals surface area contributed by atoms with Gasteiger partial charge in [0.05, 0.1) is 0 Å². The number of hydrogen-bond acceptors (Lipinski definition) is 0. The average Bonchev–Trinajstić information content (AvgIpc) is 2.54. The van der Waals surface area contributed by atoms with E-state index in [1.165, 1.54) is 5.56 Å². The fourth-order valence-corrected chi connectivity index (χ4v) is 11.4. The Hall–Kier alpha value is 1.28. The van der Waals surface area contributed by atoms with Gasteiger partial charge >= 0.3 is 19.5 Å². The maximum Gasteiger partial charge on any atom is 6.00 e. The van der Waals surface area contributed by atoms with E-state index < -0.39 is 0 Å². The van der Waals surface area contributed by atoms with Gasteiger partial charge in [-0.05, 0) is 45.9 Å². The minimum atomic E-state index is 0. The summed E-state index contributed by atoms with van der Waals surface area (Å²) in [6.45, 7) is 30.4. The van der Waals surface area contributed by atoms with Gasteiger partial charge in [0, 0.05) is 0 Å². The number of aryl methyl sites for hydroxylation is 1. The smallest absolute Gasteiger partial charge is 1.00 e. The first kappa shape index (κ1) is 42.4. The molecule has 0 amide bonds. The van der Waals surface area contributed by atoms with Crippen LogP contribution in [0.4, 0.5) is 0 Å². The molecular formula is C26H52Cl2P2Ru+4. The van der Waals surface area contributed by atoms with Crippen LogP contribution in [0.3, 0.4) is 0 Å². The molecule has 31 heavy (non-hydrogen) atoms. The molecule has 0 nitrogen and oxygen atoms in total. The summed E-state index contributed by atoms with van der Waals surface area (Å²) in [6, 6.07) is 10.5. The Morgan fingerprint density at radius 2 is 0.742 bits per heavy atom. The Bertz CT molecular complexity index is 402. The van der Waals surface area contributed by atoms with E-state index in [-0.39, 0.29) is 60.1 Å². The van der Waals surface area contributed by atoms with E-state index in [1.807, 2.05) is 6.07 Å². The molecule has 0 heterocycles. The van der Waals surface area contributed by atoms with Gasteiger partial charge in [-0.3, -0.25) is 0 Å². The number of halogens is 2. The molecule has 0 saturated heterocycles. The van der Waals surface area contributed by atoms with Gasteiger partial charge < -0.3 is 24.8 Å². The molecule has 0 atom stereocenters. The molecule has 0 bridgehead atoms. The number of rotatable bonds is 7. The van der Waals surface area contributed by atoms with E-state index >= 15 is 0 Å². The van der Waals surface area contributed by atoms with Crippen molar-refractivity contribution in [2.75, 3.05) is 0 Å². The van der Waals surface area contributed by atoms with Crippen molar-refractivity contribution < 1.29 is 44.3 Å². The normalized spacial score (nSPS) is 10.5. The van der Waals surface area contributed by atoms with E-state index in [0.29, 0.717) is 0 Å². The quantitative estimate of drug-likeness (QED) is 0.332. The Kier molecular flexibility index (Phi) is 33.4. The van der Waals surface area contributed by atoms with Crippen LogP contribution in [-0.2, 0) is 25.9 Å². The third-order valence-electron chi connectivity index (χ3n) is 4.83. The fraction of sp³-hybridized carbons (Fsp3) is 0.769. The van der Waals surface area contributed by atoms with E-state index in [2.05, 4.69) is 114 Å². The SMILES string of the molecule is CC(C)P(C(C)C)C(C)C.CC(C)P(C(C)C)C(C)C.CCc1ccccc1.[Cl-].[Cl-].[Ru+6]. The van der Waals surface area contributed by atoms with Crippen LogP contribution >= 0.6 is 15.8 Å². The van der Waals surface area contributed by atoms with Crippen molar-refractivity contribution >= 4 is 15.8 Å². The van der Waals surface area contributed by atoms with Crippen LogP contribution in [0.2, 0.25) is 0 Å². The molecule has 1 aromatic carbocycles. The van der Waals surface area contributed by atoms with E-state index in [1.54, 1.807) is 0 Å². The van der Waals surface area contributed by atoms with Crippen molar-refractivity contribution in [2.45, 2.75) is 130 Å². The first-order chi connectivity index (χ1) is 12.9. The number of benzene rings is 1. The van der Waals surface area contributed by atoms with Crippen molar-refractivity contribution in [3.63, 3.8) is 0 Å². The molecular weight excluding hydrogens is 546 g/mol. The monoisotopic (exact) mass is 598 g/mol. The summed E-state index contributed by atoms with van der Waals surface area (Å²) in [4.78, 5) is 0. The van der Waals surface area contributed by atoms with Gasteiger partial charge in [0.2, 0.25) is 0 Å². The summed E-state index contributed by atoms with van der Waals surface area (Å²) in [5, 5.41) is 0. The minimum absolute atomic E-state index is 0. The second-order valence-corrected chi connectivity index (χ2v) is 17.3. The van der Waals surface area contributed by atoms with Crippen LogP contribution in [0.1, 0.15) is 95.6 Å². The molecule has 0 spiro atoms. The fourth-order valence-electron chi connectivity index (χ4n) is 4.29. The van der Waals surface area contributed by atoms with Gasteiger partial charge in [-0.15, -0.1) is 0 Å². The van der Waals surface area contributed by atoms with Gasteiger partial charge in [-0.1, -0.05) is 136 Å². The van der Waals surface area contributed by atoms with Crippen molar-refractivity contribution in [3.8, 4) is 0 Å². The standard InChI is InChI=1S/2C9H21P.C8H10.2ClH.Ru/c2*1-7(2)10(8(3)4)9(5)6;1-2-8-6-4-3-5-7-8;;;/h2*7-9H,1-6H3;3-7H,2H2,1H3;2*1H;/q;;;;;+6/p-2. The van der Waals surface area contributed by atoms with Crippen LogP contribution in [-0.4, -0.2) is 34.0 Å². The zero-order valence-electron chi connectivity index (χ0n) is 22.6. The molecule has 0 saturated carbocycles. The molecule has 184 valence electrons. The minimum Gasteiger partial charge on any atom is -1.00 e. The first-order valence-corrected chi connectivity index (χ1v) is 14.5. The second-order valence-electron chi connectivity index (χ2n) is 9.30. The molecule has 0 N–H and O–H groups in total. The van der Waals surface area contributed by atoms with Crippen LogP contribution in [0.5, 0.6) is 0 Å². The summed E-state index contributed by atoms with van der Waals surface area (Å²) < 4.78 is 0. The Labute approximate surface area is 225 Å². The average molecular weight is 599 g/mol. The maximum atomic E-state index is 2.35. The Morgan fingerprint density at radius 1 is 0.516 bits per heavy atom. The van der Waals surface area contributed by atoms with Crippen molar-refractivity contribution in [1.82, 2.24) is 0 Å². The van der Waals surface area contributed by atoms with E-state index in [9.17, 15) is 0 Å². The van der Waals surface area contributed by atoms with Crippen LogP contribution < -0.4 is 24.8 Å². The molecule has 0 aliphatic rings. The molecule has 0 aliphatic heterocycles. The molecule has 5 heteroatoms. The van der Waals surface area contributed by atoms with E-state index in [4.69, 9.17) is 0 Å². The number of hydrogen-bond donors (Lipinski definition) is 0. The molecule has 0 radical (unpaired) electrons. The van der Waals surface area contributed by atoms with Crippen LogP contribution in [0, 0.1) is 0 Å². The summed E-state index contributed by atoms with van der Waals surface area (Å²) in [7, 11) is 0.525. The zero-order valence-corrected chi connectivity index (χ0v) is 27.6. The summed E-state index contributed by atoms with van der Waals surface area (Å²) in [5.74, 6) is 0.